The molecule has 208 valence electrons. The predicted octanol–water partition coefficient (Wildman–Crippen LogP) is 6.03. The van der Waals surface area contributed by atoms with E-state index in [1.165, 1.54) is 29.2 Å². The van der Waals surface area contributed by atoms with E-state index in [4.69, 9.17) is 34.8 Å². The molecule has 0 aliphatic carbocycles. The lowest BCUT2D eigenvalue weighted by Crippen LogP contribution is -2.51. The van der Waals surface area contributed by atoms with Gasteiger partial charge in [0, 0.05) is 28.2 Å². The van der Waals surface area contributed by atoms with Crippen molar-refractivity contribution in [2.45, 2.75) is 38.3 Å². The van der Waals surface area contributed by atoms with E-state index in [2.05, 4.69) is 5.32 Å². The molecule has 0 heterocycles. The molecule has 0 spiro atoms. The van der Waals surface area contributed by atoms with Gasteiger partial charge in [-0.05, 0) is 66.9 Å². The third-order valence-corrected chi connectivity index (χ3v) is 8.56. The Bertz CT molecular complexity index is 1400. The molecule has 2 amide bonds. The van der Waals surface area contributed by atoms with Crippen LogP contribution in [0, 0.1) is 5.92 Å². The van der Waals surface area contributed by atoms with Crippen LogP contribution in [0.3, 0.4) is 0 Å². The van der Waals surface area contributed by atoms with Gasteiger partial charge in [0.05, 0.1) is 10.6 Å². The van der Waals surface area contributed by atoms with Gasteiger partial charge < -0.3 is 10.2 Å². The Morgan fingerprint density at radius 3 is 2.08 bits per heavy atom. The van der Waals surface area contributed by atoms with E-state index in [1.807, 2.05) is 13.8 Å². The van der Waals surface area contributed by atoms with Crippen LogP contribution >= 0.6 is 34.8 Å². The van der Waals surface area contributed by atoms with Gasteiger partial charge in [-0.3, -0.25) is 13.9 Å². The van der Waals surface area contributed by atoms with Crippen LogP contribution in [0.2, 0.25) is 15.1 Å². The van der Waals surface area contributed by atoms with E-state index in [1.54, 1.807) is 55.5 Å². The number of carbonyl (C=O) groups is 2. The Balaban J connectivity index is 2.01. The number of nitrogens with one attached hydrogen (secondary N) is 1. The zero-order chi connectivity index (χ0) is 28.7. The Hall–Kier alpha value is -2.78. The number of rotatable bonds is 11. The first-order valence-corrected chi connectivity index (χ1v) is 14.8. The zero-order valence-electron chi connectivity index (χ0n) is 21.8. The average Bonchev–Trinajstić information content (AvgIpc) is 2.90. The maximum Gasteiger partial charge on any atom is 0.264 e. The molecule has 1 N–H and O–H groups in total. The second kappa shape index (κ2) is 13.5. The molecule has 7 nitrogen and oxygen atoms in total. The Morgan fingerprint density at radius 2 is 1.49 bits per heavy atom. The lowest BCUT2D eigenvalue weighted by Gasteiger charge is -2.32. The molecule has 1 atom stereocenters. The summed E-state index contributed by atoms with van der Waals surface area (Å²) >= 11 is 18.5. The minimum absolute atomic E-state index is 0.0165. The van der Waals surface area contributed by atoms with Gasteiger partial charge in [0.25, 0.3) is 10.0 Å². The van der Waals surface area contributed by atoms with Gasteiger partial charge in [-0.25, -0.2) is 8.42 Å². The molecule has 0 saturated heterocycles. The highest BCUT2D eigenvalue weighted by molar-refractivity contribution is 7.92. The van der Waals surface area contributed by atoms with Crippen LogP contribution < -0.4 is 9.62 Å². The number of nitrogens with zero attached hydrogens (tertiary/aromatic N) is 2. The van der Waals surface area contributed by atoms with Crippen molar-refractivity contribution < 1.29 is 18.0 Å². The number of hydrogen-bond donors (Lipinski definition) is 1. The van der Waals surface area contributed by atoms with E-state index in [0.29, 0.717) is 27.2 Å². The molecule has 0 unspecified atom stereocenters. The second-order valence-corrected chi connectivity index (χ2v) is 12.5. The van der Waals surface area contributed by atoms with Gasteiger partial charge in [-0.2, -0.15) is 0 Å². The maximum atomic E-state index is 13.9. The monoisotopic (exact) mass is 609 g/mol. The number of anilines is 1. The summed E-state index contributed by atoms with van der Waals surface area (Å²) in [5.41, 5.74) is 0.805. The number of carbonyl (C=O) groups excluding carboxylic acids is 2. The Kier molecular flexibility index (Phi) is 10.7. The van der Waals surface area contributed by atoms with Crippen LogP contribution in [0.4, 0.5) is 5.69 Å². The summed E-state index contributed by atoms with van der Waals surface area (Å²) in [5.74, 6) is -0.763. The third-order valence-electron chi connectivity index (χ3n) is 5.93. The summed E-state index contributed by atoms with van der Waals surface area (Å²) in [6, 6.07) is 17.9. The van der Waals surface area contributed by atoms with Crippen molar-refractivity contribution in [1.82, 2.24) is 10.2 Å². The van der Waals surface area contributed by atoms with Crippen molar-refractivity contribution in [2.75, 3.05) is 17.4 Å². The molecule has 0 fully saturated rings. The molecule has 0 bridgehead atoms. The number of hydrogen-bond acceptors (Lipinski definition) is 4. The molecule has 0 aliphatic heterocycles. The number of sulfonamides is 1. The highest BCUT2D eigenvalue weighted by atomic mass is 35.5. The first-order chi connectivity index (χ1) is 18.4. The van der Waals surface area contributed by atoms with E-state index in [0.717, 1.165) is 4.31 Å². The van der Waals surface area contributed by atoms with Crippen LogP contribution in [0.5, 0.6) is 0 Å². The summed E-state index contributed by atoms with van der Waals surface area (Å²) in [5, 5.41) is 4.00. The van der Waals surface area contributed by atoms with Gasteiger partial charge in [-0.15, -0.1) is 0 Å². The highest BCUT2D eigenvalue weighted by Crippen LogP contribution is 2.27. The molecule has 0 saturated carbocycles. The molecule has 0 aromatic heterocycles. The van der Waals surface area contributed by atoms with Crippen LogP contribution in [-0.2, 0) is 26.2 Å². The highest BCUT2D eigenvalue weighted by Gasteiger charge is 2.32. The van der Waals surface area contributed by atoms with Gasteiger partial charge in [0.15, 0.2) is 0 Å². The average molecular weight is 611 g/mol. The maximum absolute atomic E-state index is 13.9. The molecule has 11 heteroatoms. The molecular formula is C28H30Cl3N3O4S. The van der Waals surface area contributed by atoms with Crippen molar-refractivity contribution >= 4 is 62.3 Å². The molecule has 0 aliphatic rings. The van der Waals surface area contributed by atoms with E-state index >= 15 is 0 Å². The predicted molar refractivity (Wildman–Crippen MR) is 157 cm³/mol. The standard InChI is InChI=1S/C28H30Cl3N3O4S/c1-19(2)16-32-28(36)20(3)33(17-21-9-10-23(30)15-26(21)31)27(35)18-34(24-13-11-22(29)12-14-24)39(37,38)25-7-5-4-6-8-25/h4-15,19-20H,16-18H2,1-3H3,(H,32,36)/t20-/m1/s1. The van der Waals surface area contributed by atoms with E-state index < -0.39 is 28.5 Å². The lowest BCUT2D eigenvalue weighted by molar-refractivity contribution is -0.139. The smallest absolute Gasteiger partial charge is 0.264 e. The van der Waals surface area contributed by atoms with Crippen LogP contribution in [-0.4, -0.2) is 44.3 Å². The minimum Gasteiger partial charge on any atom is -0.354 e. The van der Waals surface area contributed by atoms with Crippen LogP contribution in [0.1, 0.15) is 26.3 Å². The summed E-state index contributed by atoms with van der Waals surface area (Å²) in [4.78, 5) is 28.2. The molecular weight excluding hydrogens is 581 g/mol. The molecule has 39 heavy (non-hydrogen) atoms. The van der Waals surface area contributed by atoms with Crippen LogP contribution in [0.25, 0.3) is 0 Å². The first kappa shape index (κ1) is 30.8. The minimum atomic E-state index is -4.15. The van der Waals surface area contributed by atoms with Gasteiger partial charge >= 0.3 is 0 Å². The summed E-state index contributed by atoms with van der Waals surface area (Å²) < 4.78 is 28.4. The van der Waals surface area contributed by atoms with E-state index in [9.17, 15) is 18.0 Å². The van der Waals surface area contributed by atoms with Gasteiger partial charge in [-0.1, -0.05) is 72.9 Å². The van der Waals surface area contributed by atoms with Crippen molar-refractivity contribution in [3.05, 3.63) is 93.4 Å². The number of benzene rings is 3. The Labute approximate surface area is 244 Å². The van der Waals surface area contributed by atoms with Gasteiger partial charge in [0.2, 0.25) is 11.8 Å². The number of amides is 2. The normalized spacial score (nSPS) is 12.2. The number of halogens is 3. The van der Waals surface area contributed by atoms with Crippen molar-refractivity contribution in [1.29, 1.82) is 0 Å². The SMILES string of the molecule is CC(C)CNC(=O)[C@@H](C)N(Cc1ccc(Cl)cc1Cl)C(=O)CN(c1ccc(Cl)cc1)S(=O)(=O)c1ccccc1. The van der Waals surface area contributed by atoms with Crippen molar-refractivity contribution in [3.63, 3.8) is 0 Å². The molecule has 0 radical (unpaired) electrons. The quantitative estimate of drug-likeness (QED) is 0.287. The summed E-state index contributed by atoms with van der Waals surface area (Å²) in [7, 11) is -4.15. The fourth-order valence-electron chi connectivity index (χ4n) is 3.72. The van der Waals surface area contributed by atoms with Gasteiger partial charge in [0.1, 0.15) is 12.6 Å². The molecule has 3 aromatic rings. The lowest BCUT2D eigenvalue weighted by atomic mass is 10.1. The summed E-state index contributed by atoms with van der Waals surface area (Å²) in [6.07, 6.45) is 0. The fourth-order valence-corrected chi connectivity index (χ4v) is 5.75. The van der Waals surface area contributed by atoms with Crippen molar-refractivity contribution in [2.24, 2.45) is 5.92 Å². The van der Waals surface area contributed by atoms with Crippen LogP contribution in [0.15, 0.2) is 77.7 Å². The Morgan fingerprint density at radius 1 is 0.872 bits per heavy atom. The first-order valence-electron chi connectivity index (χ1n) is 12.2. The van der Waals surface area contributed by atoms with Crippen molar-refractivity contribution in [3.8, 4) is 0 Å². The fraction of sp³-hybridized carbons (Fsp3) is 0.286. The molecule has 3 aromatic carbocycles. The second-order valence-electron chi connectivity index (χ2n) is 9.37. The third kappa shape index (κ3) is 8.11. The topological polar surface area (TPSA) is 86.8 Å². The zero-order valence-corrected chi connectivity index (χ0v) is 24.9. The van der Waals surface area contributed by atoms with E-state index in [-0.39, 0.29) is 29.0 Å². The molecule has 3 rings (SSSR count). The summed E-state index contributed by atoms with van der Waals surface area (Å²) in [6.45, 7) is 5.33. The largest absolute Gasteiger partial charge is 0.354 e.